The summed E-state index contributed by atoms with van der Waals surface area (Å²) in [5.74, 6) is -0.615. The van der Waals surface area contributed by atoms with Crippen molar-refractivity contribution in [2.24, 2.45) is 5.92 Å². The standard InChI is InChI=1S/C20H23FN4O3/c1-13-9-15(21)5-6-17(13)24-18(26)7-4-14-3-2-8-25(11-14)20(28)16-10-22-12-23-19(16)27/h5-6,9-10,12,14H,2-4,7-8,11H2,1H3,(H,24,26)(H,22,23,27). The number of benzene rings is 1. The van der Waals surface area contributed by atoms with Gasteiger partial charge in [-0.05, 0) is 55.9 Å². The van der Waals surface area contributed by atoms with Crippen LogP contribution in [0, 0.1) is 18.7 Å². The van der Waals surface area contributed by atoms with Crippen LogP contribution in [-0.2, 0) is 4.79 Å². The minimum atomic E-state index is -0.448. The highest BCUT2D eigenvalue weighted by Gasteiger charge is 2.26. The van der Waals surface area contributed by atoms with Crippen LogP contribution in [0.4, 0.5) is 10.1 Å². The molecule has 1 unspecified atom stereocenters. The molecule has 1 aliphatic rings. The van der Waals surface area contributed by atoms with Crippen molar-refractivity contribution >= 4 is 17.5 Å². The Labute approximate surface area is 162 Å². The van der Waals surface area contributed by atoms with E-state index in [1.54, 1.807) is 17.9 Å². The Morgan fingerprint density at radius 1 is 1.39 bits per heavy atom. The highest BCUT2D eigenvalue weighted by molar-refractivity contribution is 5.93. The van der Waals surface area contributed by atoms with Crippen LogP contribution in [-0.4, -0.2) is 39.8 Å². The first-order chi connectivity index (χ1) is 13.4. The number of aromatic amines is 1. The lowest BCUT2D eigenvalue weighted by atomic mass is 9.93. The number of H-pyrrole nitrogens is 1. The molecule has 1 saturated heterocycles. The number of aryl methyl sites for hydroxylation is 1. The second-order valence-corrected chi connectivity index (χ2v) is 7.10. The first-order valence-corrected chi connectivity index (χ1v) is 9.32. The fourth-order valence-corrected chi connectivity index (χ4v) is 3.47. The van der Waals surface area contributed by atoms with Gasteiger partial charge >= 0.3 is 0 Å². The van der Waals surface area contributed by atoms with E-state index in [1.165, 1.54) is 24.7 Å². The number of anilines is 1. The molecule has 1 fully saturated rings. The molecular weight excluding hydrogens is 363 g/mol. The summed E-state index contributed by atoms with van der Waals surface area (Å²) >= 11 is 0. The Morgan fingerprint density at radius 3 is 2.96 bits per heavy atom. The van der Waals surface area contributed by atoms with Gasteiger partial charge in [0.05, 0.1) is 6.33 Å². The third kappa shape index (κ3) is 4.82. The maximum Gasteiger partial charge on any atom is 0.263 e. The molecule has 2 aromatic rings. The number of nitrogens with one attached hydrogen (secondary N) is 2. The summed E-state index contributed by atoms with van der Waals surface area (Å²) in [5, 5.41) is 2.80. The van der Waals surface area contributed by atoms with Crippen molar-refractivity contribution in [1.29, 1.82) is 0 Å². The van der Waals surface area contributed by atoms with Gasteiger partial charge in [0.2, 0.25) is 5.91 Å². The van der Waals surface area contributed by atoms with Crippen molar-refractivity contribution in [2.75, 3.05) is 18.4 Å². The second-order valence-electron chi connectivity index (χ2n) is 7.10. The van der Waals surface area contributed by atoms with Gasteiger partial charge in [0, 0.05) is 31.4 Å². The van der Waals surface area contributed by atoms with Gasteiger partial charge in [-0.15, -0.1) is 0 Å². The van der Waals surface area contributed by atoms with E-state index >= 15 is 0 Å². The number of carbonyl (C=O) groups is 2. The average molecular weight is 386 g/mol. The summed E-state index contributed by atoms with van der Waals surface area (Å²) in [4.78, 5) is 44.5. The molecule has 0 aliphatic carbocycles. The molecule has 7 nitrogen and oxygen atoms in total. The molecule has 3 rings (SSSR count). The SMILES string of the molecule is Cc1cc(F)ccc1NC(=O)CCC1CCCN(C(=O)c2cnc[nH]c2=O)C1. The molecule has 0 spiro atoms. The molecule has 1 aromatic carbocycles. The van der Waals surface area contributed by atoms with Gasteiger partial charge in [0.15, 0.2) is 0 Å². The van der Waals surface area contributed by atoms with E-state index in [9.17, 15) is 18.8 Å². The van der Waals surface area contributed by atoms with Crippen LogP contribution in [0.25, 0.3) is 0 Å². The van der Waals surface area contributed by atoms with Crippen LogP contribution >= 0.6 is 0 Å². The van der Waals surface area contributed by atoms with Crippen molar-refractivity contribution in [3.8, 4) is 0 Å². The molecule has 0 radical (unpaired) electrons. The van der Waals surface area contributed by atoms with Gasteiger partial charge in [0.25, 0.3) is 11.5 Å². The summed E-state index contributed by atoms with van der Waals surface area (Å²) in [6, 6.07) is 4.24. The molecule has 2 N–H and O–H groups in total. The maximum atomic E-state index is 13.2. The summed E-state index contributed by atoms with van der Waals surface area (Å²) < 4.78 is 13.2. The predicted octanol–water partition coefficient (Wildman–Crippen LogP) is 2.49. The highest BCUT2D eigenvalue weighted by atomic mass is 19.1. The Morgan fingerprint density at radius 2 is 2.21 bits per heavy atom. The van der Waals surface area contributed by atoms with Crippen molar-refractivity contribution in [2.45, 2.75) is 32.6 Å². The number of hydrogen-bond acceptors (Lipinski definition) is 4. The van der Waals surface area contributed by atoms with Crippen molar-refractivity contribution in [3.63, 3.8) is 0 Å². The number of nitrogens with zero attached hydrogens (tertiary/aromatic N) is 2. The van der Waals surface area contributed by atoms with E-state index < -0.39 is 5.56 Å². The minimum Gasteiger partial charge on any atom is -0.338 e. The predicted molar refractivity (Wildman–Crippen MR) is 102 cm³/mol. The molecule has 1 aromatic heterocycles. The number of rotatable bonds is 5. The summed E-state index contributed by atoms with van der Waals surface area (Å²) in [6.07, 6.45) is 5.24. The molecule has 0 bridgehead atoms. The highest BCUT2D eigenvalue weighted by Crippen LogP contribution is 2.23. The molecule has 2 heterocycles. The zero-order chi connectivity index (χ0) is 20.1. The van der Waals surface area contributed by atoms with Gasteiger partial charge in [-0.2, -0.15) is 0 Å². The first kappa shape index (κ1) is 19.7. The maximum absolute atomic E-state index is 13.2. The van der Waals surface area contributed by atoms with Crippen LogP contribution in [0.5, 0.6) is 0 Å². The Hall–Kier alpha value is -3.03. The smallest absolute Gasteiger partial charge is 0.263 e. The molecule has 1 aliphatic heterocycles. The molecule has 28 heavy (non-hydrogen) atoms. The second kappa shape index (κ2) is 8.77. The molecule has 0 saturated carbocycles. The fourth-order valence-electron chi connectivity index (χ4n) is 3.47. The number of halogens is 1. The Bertz CT molecular complexity index is 928. The van der Waals surface area contributed by atoms with Crippen LogP contribution in [0.3, 0.4) is 0 Å². The van der Waals surface area contributed by atoms with Crippen LogP contribution in [0.2, 0.25) is 0 Å². The molecule has 148 valence electrons. The normalized spacial score (nSPS) is 16.6. The number of aromatic nitrogens is 2. The van der Waals surface area contributed by atoms with Gasteiger partial charge < -0.3 is 15.2 Å². The van der Waals surface area contributed by atoms with E-state index in [4.69, 9.17) is 0 Å². The van der Waals surface area contributed by atoms with E-state index in [-0.39, 0.29) is 29.1 Å². The summed E-state index contributed by atoms with van der Waals surface area (Å²) in [5.41, 5.74) is 0.857. The van der Waals surface area contributed by atoms with E-state index in [1.807, 2.05) is 0 Å². The molecule has 1 atom stereocenters. The van der Waals surface area contributed by atoms with E-state index in [0.717, 1.165) is 12.8 Å². The van der Waals surface area contributed by atoms with Crippen LogP contribution < -0.4 is 10.9 Å². The Balaban J connectivity index is 1.53. The quantitative estimate of drug-likeness (QED) is 0.825. The van der Waals surface area contributed by atoms with E-state index in [2.05, 4.69) is 15.3 Å². The fraction of sp³-hybridized carbons (Fsp3) is 0.400. The van der Waals surface area contributed by atoms with E-state index in [0.29, 0.717) is 37.2 Å². The summed E-state index contributed by atoms with van der Waals surface area (Å²) in [7, 11) is 0. The third-order valence-electron chi connectivity index (χ3n) is 5.00. The molecular formula is C20H23FN4O3. The lowest BCUT2D eigenvalue weighted by molar-refractivity contribution is -0.116. The lowest BCUT2D eigenvalue weighted by Gasteiger charge is -2.32. The van der Waals surface area contributed by atoms with Crippen molar-refractivity contribution in [3.05, 3.63) is 58.0 Å². The van der Waals surface area contributed by atoms with Crippen molar-refractivity contribution in [1.82, 2.24) is 14.9 Å². The Kier molecular flexibility index (Phi) is 6.18. The van der Waals surface area contributed by atoms with Crippen molar-refractivity contribution < 1.29 is 14.0 Å². The monoisotopic (exact) mass is 386 g/mol. The van der Waals surface area contributed by atoms with Gasteiger partial charge in [-0.25, -0.2) is 9.37 Å². The minimum absolute atomic E-state index is 0.0349. The van der Waals surface area contributed by atoms with Crippen LogP contribution in [0.15, 0.2) is 35.5 Å². The van der Waals surface area contributed by atoms with Gasteiger partial charge in [0.1, 0.15) is 11.4 Å². The number of hydrogen-bond donors (Lipinski definition) is 2. The van der Waals surface area contributed by atoms with Gasteiger partial charge in [-0.3, -0.25) is 14.4 Å². The topological polar surface area (TPSA) is 95.2 Å². The summed E-state index contributed by atoms with van der Waals surface area (Å²) in [6.45, 7) is 2.84. The largest absolute Gasteiger partial charge is 0.338 e. The third-order valence-corrected chi connectivity index (χ3v) is 5.00. The van der Waals surface area contributed by atoms with Crippen LogP contribution in [0.1, 0.15) is 41.6 Å². The zero-order valence-electron chi connectivity index (χ0n) is 15.7. The number of carbonyl (C=O) groups excluding carboxylic acids is 2. The average Bonchev–Trinajstić information content (AvgIpc) is 2.69. The lowest BCUT2D eigenvalue weighted by Crippen LogP contribution is -2.42. The zero-order valence-corrected chi connectivity index (χ0v) is 15.7. The van der Waals surface area contributed by atoms with Gasteiger partial charge in [-0.1, -0.05) is 0 Å². The number of likely N-dealkylation sites (tertiary alicyclic amines) is 1. The number of piperidine rings is 1. The molecule has 2 amide bonds. The first-order valence-electron chi connectivity index (χ1n) is 9.32. The molecule has 8 heteroatoms. The number of amides is 2.